The number of halogens is 3. The molecule has 0 radical (unpaired) electrons. The highest BCUT2D eigenvalue weighted by Crippen LogP contribution is 2.34. The summed E-state index contributed by atoms with van der Waals surface area (Å²) >= 11 is 2.64. The maximum absolute atomic E-state index is 13.2. The van der Waals surface area contributed by atoms with Gasteiger partial charge < -0.3 is 0 Å². The van der Waals surface area contributed by atoms with Gasteiger partial charge in [-0.25, -0.2) is 15.0 Å². The van der Waals surface area contributed by atoms with Crippen LogP contribution < -0.4 is 5.32 Å². The Morgan fingerprint density at radius 3 is 2.52 bits per heavy atom. The van der Waals surface area contributed by atoms with Crippen molar-refractivity contribution in [3.05, 3.63) is 53.5 Å². The molecule has 3 aromatic heterocycles. The van der Waals surface area contributed by atoms with Crippen LogP contribution in [0.15, 0.2) is 47.8 Å². The van der Waals surface area contributed by atoms with E-state index in [0.29, 0.717) is 10.0 Å². The number of thiophene rings is 1. The predicted octanol–water partition coefficient (Wildman–Crippen LogP) is 5.58. The van der Waals surface area contributed by atoms with Crippen molar-refractivity contribution in [2.45, 2.75) is 6.18 Å². The minimum Gasteiger partial charge on any atom is -0.300 e. The predicted molar refractivity (Wildman–Crippen MR) is 93.2 cm³/mol. The average molecular weight is 378 g/mol. The van der Waals surface area contributed by atoms with Crippen molar-refractivity contribution in [1.29, 1.82) is 0 Å². The fourth-order valence-corrected chi connectivity index (χ4v) is 3.77. The Hall–Kier alpha value is -2.52. The van der Waals surface area contributed by atoms with Crippen LogP contribution in [-0.4, -0.2) is 15.0 Å². The van der Waals surface area contributed by atoms with Crippen LogP contribution in [-0.2, 0) is 6.18 Å². The van der Waals surface area contributed by atoms with Crippen LogP contribution in [0, 0.1) is 0 Å². The number of hydrogen-bond donors (Lipinski definition) is 1. The van der Waals surface area contributed by atoms with E-state index < -0.39 is 11.9 Å². The van der Waals surface area contributed by atoms with Gasteiger partial charge in [0, 0.05) is 0 Å². The lowest BCUT2D eigenvalue weighted by Gasteiger charge is -2.10. The van der Waals surface area contributed by atoms with Crippen LogP contribution >= 0.6 is 22.7 Å². The van der Waals surface area contributed by atoms with Gasteiger partial charge in [-0.05, 0) is 29.6 Å². The molecule has 3 heterocycles. The van der Waals surface area contributed by atoms with E-state index in [2.05, 4.69) is 20.3 Å². The zero-order chi connectivity index (χ0) is 17.4. The van der Waals surface area contributed by atoms with Crippen LogP contribution in [0.3, 0.4) is 0 Å². The number of nitrogens with one attached hydrogen (secondary N) is 1. The Morgan fingerprint density at radius 2 is 1.80 bits per heavy atom. The Bertz CT molecular complexity index is 992. The van der Waals surface area contributed by atoms with E-state index >= 15 is 0 Å². The topological polar surface area (TPSA) is 50.7 Å². The first-order chi connectivity index (χ1) is 12.0. The smallest absolute Gasteiger partial charge is 0.300 e. The lowest BCUT2D eigenvalue weighted by Crippen LogP contribution is -2.11. The molecule has 126 valence electrons. The number of para-hydroxylation sites is 1. The van der Waals surface area contributed by atoms with Crippen LogP contribution in [0.4, 0.5) is 24.3 Å². The maximum atomic E-state index is 13.2. The van der Waals surface area contributed by atoms with Gasteiger partial charge in [-0.15, -0.1) is 11.3 Å². The number of benzene rings is 1. The highest BCUT2D eigenvalue weighted by molar-refractivity contribution is 7.22. The second kappa shape index (κ2) is 6.08. The van der Waals surface area contributed by atoms with Crippen molar-refractivity contribution in [2.24, 2.45) is 0 Å². The first kappa shape index (κ1) is 16.0. The first-order valence-electron chi connectivity index (χ1n) is 7.12. The second-order valence-corrected chi connectivity index (χ2v) is 7.03. The number of thiazole rings is 1. The summed E-state index contributed by atoms with van der Waals surface area (Å²) in [5.41, 5.74) is -0.00379. The molecule has 0 bridgehead atoms. The van der Waals surface area contributed by atoms with Crippen LogP contribution in [0.5, 0.6) is 0 Å². The summed E-state index contributed by atoms with van der Waals surface area (Å²) in [6, 6.07) is 11.9. The van der Waals surface area contributed by atoms with Gasteiger partial charge in [-0.1, -0.05) is 29.5 Å². The van der Waals surface area contributed by atoms with Gasteiger partial charge in [-0.3, -0.25) is 5.32 Å². The molecule has 0 aliphatic heterocycles. The van der Waals surface area contributed by atoms with Gasteiger partial charge >= 0.3 is 6.18 Å². The number of nitrogens with zero attached hydrogens (tertiary/aromatic N) is 3. The van der Waals surface area contributed by atoms with Crippen LogP contribution in [0.25, 0.3) is 20.8 Å². The van der Waals surface area contributed by atoms with Gasteiger partial charge in [-0.2, -0.15) is 13.2 Å². The van der Waals surface area contributed by atoms with Crippen LogP contribution in [0.2, 0.25) is 0 Å². The number of fused-ring (bicyclic) bond motifs is 1. The van der Waals surface area contributed by atoms with Crippen molar-refractivity contribution < 1.29 is 13.2 Å². The van der Waals surface area contributed by atoms with Crippen molar-refractivity contribution in [3.63, 3.8) is 0 Å². The third-order valence-corrected chi connectivity index (χ3v) is 5.15. The van der Waals surface area contributed by atoms with Gasteiger partial charge in [0.15, 0.2) is 10.8 Å². The largest absolute Gasteiger partial charge is 0.433 e. The lowest BCUT2D eigenvalue weighted by atomic mass is 10.3. The van der Waals surface area contributed by atoms with E-state index in [-0.39, 0.29) is 11.6 Å². The lowest BCUT2D eigenvalue weighted by molar-refractivity contribution is -0.141. The molecule has 0 atom stereocenters. The zero-order valence-corrected chi connectivity index (χ0v) is 14.0. The van der Waals surface area contributed by atoms with E-state index in [1.54, 1.807) is 17.5 Å². The van der Waals surface area contributed by atoms with Crippen molar-refractivity contribution in [3.8, 4) is 10.6 Å². The number of anilines is 2. The van der Waals surface area contributed by atoms with Gasteiger partial charge in [0.25, 0.3) is 0 Å². The van der Waals surface area contributed by atoms with Crippen molar-refractivity contribution in [2.75, 3.05) is 5.32 Å². The molecule has 0 amide bonds. The molecule has 4 rings (SSSR count). The normalized spacial score (nSPS) is 11.8. The van der Waals surface area contributed by atoms with Crippen molar-refractivity contribution in [1.82, 2.24) is 15.0 Å². The van der Waals surface area contributed by atoms with Crippen LogP contribution in [0.1, 0.15) is 5.69 Å². The molecule has 0 spiro atoms. The van der Waals surface area contributed by atoms with E-state index in [1.165, 1.54) is 22.7 Å². The van der Waals surface area contributed by atoms with E-state index in [4.69, 9.17) is 0 Å². The standard InChI is InChI=1S/C16H9F3N4S2/c17-16(18,19)13-8-10(11-6-3-7-24-11)20-14(22-13)23-15-21-9-4-1-2-5-12(9)25-15/h1-8H,(H,20,21,22,23). The minimum absolute atomic E-state index is 0.128. The minimum atomic E-state index is -4.56. The fraction of sp³-hybridized carbons (Fsp3) is 0.0625. The monoisotopic (exact) mass is 378 g/mol. The number of hydrogen-bond acceptors (Lipinski definition) is 6. The summed E-state index contributed by atoms with van der Waals surface area (Å²) in [6.45, 7) is 0. The molecule has 0 unspecified atom stereocenters. The van der Waals surface area contributed by atoms with Crippen molar-refractivity contribution >= 4 is 44.0 Å². The third-order valence-electron chi connectivity index (χ3n) is 3.30. The third kappa shape index (κ3) is 3.33. The van der Waals surface area contributed by atoms with Gasteiger partial charge in [0.1, 0.15) is 0 Å². The summed E-state index contributed by atoms with van der Waals surface area (Å²) in [5, 5.41) is 5.02. The molecule has 4 aromatic rings. The molecule has 0 aliphatic rings. The summed E-state index contributed by atoms with van der Waals surface area (Å²) < 4.78 is 40.4. The summed E-state index contributed by atoms with van der Waals surface area (Å²) in [4.78, 5) is 12.8. The molecule has 0 fully saturated rings. The highest BCUT2D eigenvalue weighted by Gasteiger charge is 2.34. The molecule has 0 aliphatic carbocycles. The SMILES string of the molecule is FC(F)(F)c1cc(-c2cccs2)nc(Nc2nc3ccccc3s2)n1. The van der Waals surface area contributed by atoms with E-state index in [1.807, 2.05) is 24.3 Å². The van der Waals surface area contributed by atoms with E-state index in [0.717, 1.165) is 16.3 Å². The zero-order valence-electron chi connectivity index (χ0n) is 12.4. The number of aromatic nitrogens is 3. The quantitative estimate of drug-likeness (QED) is 0.506. The Morgan fingerprint density at radius 1 is 0.960 bits per heavy atom. The number of rotatable bonds is 3. The summed E-state index contributed by atoms with van der Waals surface area (Å²) in [7, 11) is 0. The Kier molecular flexibility index (Phi) is 3.89. The molecule has 0 saturated heterocycles. The molecule has 1 N–H and O–H groups in total. The highest BCUT2D eigenvalue weighted by atomic mass is 32.1. The Labute approximate surface area is 148 Å². The average Bonchev–Trinajstić information content (AvgIpc) is 3.23. The molecule has 4 nitrogen and oxygen atoms in total. The van der Waals surface area contributed by atoms with Gasteiger partial charge in [0.2, 0.25) is 5.95 Å². The Balaban J connectivity index is 1.76. The summed E-state index contributed by atoms with van der Waals surface area (Å²) in [5.74, 6) is -0.128. The molecule has 9 heteroatoms. The molecule has 0 saturated carbocycles. The number of alkyl halides is 3. The molecular formula is C16H9F3N4S2. The second-order valence-electron chi connectivity index (χ2n) is 5.05. The maximum Gasteiger partial charge on any atom is 0.433 e. The molecule has 1 aromatic carbocycles. The molecule has 25 heavy (non-hydrogen) atoms. The van der Waals surface area contributed by atoms with Gasteiger partial charge in [0.05, 0.1) is 20.8 Å². The molecular weight excluding hydrogens is 369 g/mol. The first-order valence-corrected chi connectivity index (χ1v) is 8.81. The summed E-state index contributed by atoms with van der Waals surface area (Å²) in [6.07, 6.45) is -4.56. The van der Waals surface area contributed by atoms with E-state index in [9.17, 15) is 13.2 Å². The fourth-order valence-electron chi connectivity index (χ4n) is 2.22.